The highest BCUT2D eigenvalue weighted by atomic mass is 16.5. The molecular formula is C29H35NO4. The second-order valence-electron chi connectivity index (χ2n) is 11.3. The minimum atomic E-state index is -0.533. The molecule has 2 heterocycles. The van der Waals surface area contributed by atoms with Crippen LogP contribution in [0.5, 0.6) is 11.5 Å². The van der Waals surface area contributed by atoms with Crippen LogP contribution < -0.4 is 4.74 Å². The number of hydrogen-bond acceptors (Lipinski definition) is 5. The summed E-state index contributed by atoms with van der Waals surface area (Å²) in [5.74, 6) is 1.63. The molecule has 2 saturated carbocycles. The van der Waals surface area contributed by atoms with Crippen molar-refractivity contribution >= 4 is 0 Å². The number of likely N-dealkylation sites (tertiary alicyclic amines) is 1. The third-order valence-corrected chi connectivity index (χ3v) is 9.50. The summed E-state index contributed by atoms with van der Waals surface area (Å²) in [6, 6.07) is 14.8. The lowest BCUT2D eigenvalue weighted by atomic mass is 9.48. The molecule has 0 aromatic heterocycles. The standard InChI is InChI=1S/C29H35NO4/c31-22-11-10-21-17-24-29(33-16-4-7-19-5-2-1-3-6-19)13-12-23(32)27-28(29,25(21)26(22)34-27)14-15-30(24)18-20-8-9-20/h1-3,5-6,10-11,20,23-24,27,31-32H,4,7-9,12-18H2/t23?,24?,27-,28-,29+/m0/s1. The third-order valence-electron chi connectivity index (χ3n) is 9.50. The number of hydrogen-bond donors (Lipinski definition) is 2. The topological polar surface area (TPSA) is 62.2 Å². The molecule has 2 unspecified atom stereocenters. The molecule has 5 heteroatoms. The smallest absolute Gasteiger partial charge is 0.165 e. The predicted molar refractivity (Wildman–Crippen MR) is 129 cm³/mol. The van der Waals surface area contributed by atoms with Crippen molar-refractivity contribution in [2.24, 2.45) is 5.92 Å². The lowest BCUT2D eigenvalue weighted by Crippen LogP contribution is -2.78. The summed E-state index contributed by atoms with van der Waals surface area (Å²) in [6.45, 7) is 2.87. The molecule has 2 aromatic carbocycles. The van der Waals surface area contributed by atoms with Crippen molar-refractivity contribution < 1.29 is 19.7 Å². The normalized spacial score (nSPS) is 35.6. The Morgan fingerprint density at radius 1 is 1.06 bits per heavy atom. The minimum absolute atomic E-state index is 0.201. The first-order valence-corrected chi connectivity index (χ1v) is 13.2. The number of phenolic OH excluding ortho intramolecular Hbond substituents is 1. The van der Waals surface area contributed by atoms with Crippen molar-refractivity contribution in [1.29, 1.82) is 0 Å². The first-order valence-electron chi connectivity index (χ1n) is 13.2. The maximum atomic E-state index is 11.2. The highest BCUT2D eigenvalue weighted by Crippen LogP contribution is 2.66. The molecule has 5 nitrogen and oxygen atoms in total. The largest absolute Gasteiger partial charge is 0.504 e. The van der Waals surface area contributed by atoms with Gasteiger partial charge in [0.1, 0.15) is 6.10 Å². The third kappa shape index (κ3) is 2.90. The Kier molecular flexibility index (Phi) is 4.81. The molecule has 1 saturated heterocycles. The molecule has 3 fully saturated rings. The van der Waals surface area contributed by atoms with Crippen LogP contribution in [0.4, 0.5) is 0 Å². The van der Waals surface area contributed by atoms with Gasteiger partial charge in [-0.05, 0) is 81.0 Å². The molecule has 5 aliphatic rings. The van der Waals surface area contributed by atoms with Gasteiger partial charge in [0.15, 0.2) is 11.5 Å². The van der Waals surface area contributed by atoms with Crippen LogP contribution in [0.25, 0.3) is 0 Å². The zero-order valence-corrected chi connectivity index (χ0v) is 19.8. The van der Waals surface area contributed by atoms with E-state index in [9.17, 15) is 10.2 Å². The first-order chi connectivity index (χ1) is 16.6. The van der Waals surface area contributed by atoms with E-state index < -0.39 is 6.10 Å². The summed E-state index contributed by atoms with van der Waals surface area (Å²) in [6.07, 6.45) is 7.18. The Morgan fingerprint density at radius 2 is 1.91 bits per heavy atom. The van der Waals surface area contributed by atoms with Gasteiger partial charge in [-0.25, -0.2) is 0 Å². The Balaban J connectivity index is 1.28. The summed E-state index contributed by atoms with van der Waals surface area (Å²) in [5.41, 5.74) is 3.00. The molecule has 3 aliphatic carbocycles. The van der Waals surface area contributed by atoms with Gasteiger partial charge in [-0.15, -0.1) is 0 Å². The van der Waals surface area contributed by atoms with E-state index in [2.05, 4.69) is 41.3 Å². The van der Waals surface area contributed by atoms with E-state index in [0.29, 0.717) is 24.8 Å². The zero-order chi connectivity index (χ0) is 22.9. The van der Waals surface area contributed by atoms with Gasteiger partial charge in [-0.3, -0.25) is 4.90 Å². The predicted octanol–water partition coefficient (Wildman–Crippen LogP) is 3.97. The van der Waals surface area contributed by atoms with E-state index in [1.165, 1.54) is 24.0 Å². The average molecular weight is 462 g/mol. The molecule has 180 valence electrons. The lowest BCUT2D eigenvalue weighted by molar-refractivity contribution is -0.233. The first kappa shape index (κ1) is 21.2. The number of piperidine rings is 1. The van der Waals surface area contributed by atoms with E-state index in [4.69, 9.17) is 9.47 Å². The number of phenols is 1. The fraction of sp³-hybridized carbons (Fsp3) is 0.586. The number of ether oxygens (including phenoxy) is 2. The van der Waals surface area contributed by atoms with Gasteiger partial charge >= 0.3 is 0 Å². The number of aliphatic hydroxyl groups is 1. The fourth-order valence-electron chi connectivity index (χ4n) is 7.90. The molecule has 1 spiro atoms. The van der Waals surface area contributed by atoms with Crippen molar-refractivity contribution in [2.45, 2.75) is 80.6 Å². The molecular weight excluding hydrogens is 426 g/mol. The quantitative estimate of drug-likeness (QED) is 0.611. The van der Waals surface area contributed by atoms with Crippen LogP contribution in [-0.4, -0.2) is 58.7 Å². The number of aromatic hydroxyl groups is 1. The highest BCUT2D eigenvalue weighted by Gasteiger charge is 2.74. The van der Waals surface area contributed by atoms with Gasteiger partial charge in [0.25, 0.3) is 0 Å². The van der Waals surface area contributed by atoms with Crippen LogP contribution in [0.15, 0.2) is 42.5 Å². The maximum absolute atomic E-state index is 11.2. The number of aliphatic hydroxyl groups excluding tert-OH is 1. The molecule has 0 amide bonds. The summed E-state index contributed by atoms with van der Waals surface area (Å²) in [7, 11) is 0. The van der Waals surface area contributed by atoms with Crippen LogP contribution in [0.3, 0.4) is 0 Å². The van der Waals surface area contributed by atoms with E-state index in [-0.39, 0.29) is 22.9 Å². The van der Waals surface area contributed by atoms with Crippen molar-refractivity contribution in [2.75, 3.05) is 19.7 Å². The molecule has 2 aliphatic heterocycles. The van der Waals surface area contributed by atoms with Gasteiger partial charge in [-0.1, -0.05) is 36.4 Å². The van der Waals surface area contributed by atoms with Crippen LogP contribution in [0.1, 0.15) is 55.2 Å². The van der Waals surface area contributed by atoms with Crippen LogP contribution in [-0.2, 0) is 23.0 Å². The van der Waals surface area contributed by atoms with Gasteiger partial charge in [0.2, 0.25) is 0 Å². The van der Waals surface area contributed by atoms with Crippen LogP contribution in [0.2, 0.25) is 0 Å². The SMILES string of the molecule is Oc1ccc2c3c1O[C@H]1C(O)CC[C@@]4(OCCCc5ccccc5)C(C2)N(CC2CC2)CC[C@]314. The number of aryl methyl sites for hydroxylation is 1. The Hall–Kier alpha value is -2.08. The van der Waals surface area contributed by atoms with Crippen molar-refractivity contribution in [3.63, 3.8) is 0 Å². The maximum Gasteiger partial charge on any atom is 0.165 e. The van der Waals surface area contributed by atoms with Crippen molar-refractivity contribution in [3.8, 4) is 11.5 Å². The fourth-order valence-corrected chi connectivity index (χ4v) is 7.90. The van der Waals surface area contributed by atoms with E-state index in [1.54, 1.807) is 6.07 Å². The van der Waals surface area contributed by atoms with Gasteiger partial charge in [0, 0.05) is 24.8 Å². The van der Waals surface area contributed by atoms with E-state index in [1.807, 2.05) is 0 Å². The second kappa shape index (κ2) is 7.71. The highest BCUT2D eigenvalue weighted by molar-refractivity contribution is 5.62. The Bertz CT molecular complexity index is 1090. The van der Waals surface area contributed by atoms with Gasteiger partial charge in [0.05, 0.1) is 17.1 Å². The summed E-state index contributed by atoms with van der Waals surface area (Å²) in [4.78, 5) is 2.71. The zero-order valence-electron chi connectivity index (χ0n) is 19.8. The number of rotatable bonds is 7. The minimum Gasteiger partial charge on any atom is -0.504 e. The molecule has 2 bridgehead atoms. The van der Waals surface area contributed by atoms with Crippen molar-refractivity contribution in [1.82, 2.24) is 4.90 Å². The monoisotopic (exact) mass is 461 g/mol. The van der Waals surface area contributed by atoms with Gasteiger partial charge in [-0.2, -0.15) is 0 Å². The van der Waals surface area contributed by atoms with Crippen LogP contribution in [0, 0.1) is 5.92 Å². The lowest BCUT2D eigenvalue weighted by Gasteiger charge is -2.65. The summed E-state index contributed by atoms with van der Waals surface area (Å²) in [5, 5.41) is 21.9. The second-order valence-corrected chi connectivity index (χ2v) is 11.3. The van der Waals surface area contributed by atoms with E-state index in [0.717, 1.165) is 56.7 Å². The molecule has 2 aromatic rings. The number of nitrogens with zero attached hydrogens (tertiary/aromatic N) is 1. The van der Waals surface area contributed by atoms with Gasteiger partial charge < -0.3 is 19.7 Å². The van der Waals surface area contributed by atoms with Crippen molar-refractivity contribution in [3.05, 3.63) is 59.2 Å². The molecule has 0 radical (unpaired) electrons. The molecule has 7 rings (SSSR count). The molecule has 34 heavy (non-hydrogen) atoms. The summed E-state index contributed by atoms with van der Waals surface area (Å²) < 4.78 is 13.6. The van der Waals surface area contributed by atoms with Crippen LogP contribution >= 0.6 is 0 Å². The Labute approximate surface area is 201 Å². The van der Waals surface area contributed by atoms with E-state index >= 15 is 0 Å². The number of benzene rings is 2. The molecule has 2 N–H and O–H groups in total. The molecule has 5 atom stereocenters. The Morgan fingerprint density at radius 3 is 2.74 bits per heavy atom. The summed E-state index contributed by atoms with van der Waals surface area (Å²) >= 11 is 0. The average Bonchev–Trinajstić information content (AvgIpc) is 3.59.